The van der Waals surface area contributed by atoms with Gasteiger partial charge in [0.1, 0.15) is 0 Å². The van der Waals surface area contributed by atoms with Crippen molar-refractivity contribution in [3.63, 3.8) is 0 Å². The van der Waals surface area contributed by atoms with E-state index in [2.05, 4.69) is 16.0 Å². The summed E-state index contributed by atoms with van der Waals surface area (Å²) in [7, 11) is 0. The molecule has 7 heteroatoms. The Morgan fingerprint density at radius 3 is 2.22 bits per heavy atom. The molecule has 0 radical (unpaired) electrons. The molecular weight excluding hydrogens is 344 g/mol. The molecule has 27 heavy (non-hydrogen) atoms. The molecule has 0 fully saturated rings. The van der Waals surface area contributed by atoms with E-state index in [1.165, 1.54) is 0 Å². The molecule has 142 valence electrons. The van der Waals surface area contributed by atoms with Crippen molar-refractivity contribution in [2.75, 3.05) is 25.0 Å². The predicted octanol–water partition coefficient (Wildman–Crippen LogP) is 1.52. The summed E-state index contributed by atoms with van der Waals surface area (Å²) in [6.07, 6.45) is 0.722. The van der Waals surface area contributed by atoms with Crippen LogP contribution in [0.5, 0.6) is 0 Å². The van der Waals surface area contributed by atoms with Crippen molar-refractivity contribution >= 4 is 23.4 Å². The standard InChI is InChI=1S/C20H24N4O3/c21-12-14-23-20(27)16-9-4-5-10-17(16)24-18(25)11-6-13-22-19(26)15-7-2-1-3-8-15/h1-5,7-10H,6,11-14,21H2,(H,22,26)(H,23,27)(H,24,25). The Morgan fingerprint density at radius 2 is 1.48 bits per heavy atom. The van der Waals surface area contributed by atoms with Gasteiger partial charge in [0, 0.05) is 31.6 Å². The molecule has 0 atom stereocenters. The number of rotatable bonds is 9. The molecule has 0 heterocycles. The second-order valence-corrected chi connectivity index (χ2v) is 5.86. The summed E-state index contributed by atoms with van der Waals surface area (Å²) in [6, 6.07) is 15.7. The van der Waals surface area contributed by atoms with Crippen LogP contribution in [-0.2, 0) is 4.79 Å². The van der Waals surface area contributed by atoms with Crippen LogP contribution < -0.4 is 21.7 Å². The summed E-state index contributed by atoms with van der Waals surface area (Å²) in [5.74, 6) is -0.674. The highest BCUT2D eigenvalue weighted by molar-refractivity contribution is 6.03. The Balaban J connectivity index is 1.79. The SMILES string of the molecule is NCCNC(=O)c1ccccc1NC(=O)CCCNC(=O)c1ccccc1. The third-order valence-electron chi connectivity index (χ3n) is 3.78. The van der Waals surface area contributed by atoms with E-state index < -0.39 is 0 Å². The molecule has 0 aliphatic carbocycles. The highest BCUT2D eigenvalue weighted by Crippen LogP contribution is 2.15. The highest BCUT2D eigenvalue weighted by atomic mass is 16.2. The van der Waals surface area contributed by atoms with Crippen LogP contribution in [0.4, 0.5) is 5.69 Å². The molecule has 0 saturated heterocycles. The largest absolute Gasteiger partial charge is 0.352 e. The van der Waals surface area contributed by atoms with Crippen molar-refractivity contribution in [3.05, 3.63) is 65.7 Å². The lowest BCUT2D eigenvalue weighted by atomic mass is 10.1. The van der Waals surface area contributed by atoms with Crippen LogP contribution in [0.3, 0.4) is 0 Å². The maximum absolute atomic E-state index is 12.1. The van der Waals surface area contributed by atoms with E-state index in [1.54, 1.807) is 48.5 Å². The predicted molar refractivity (Wildman–Crippen MR) is 104 cm³/mol. The molecule has 0 aliphatic heterocycles. The summed E-state index contributed by atoms with van der Waals surface area (Å²) in [5.41, 5.74) is 6.80. The van der Waals surface area contributed by atoms with E-state index in [1.807, 2.05) is 6.07 Å². The Bertz CT molecular complexity index is 778. The zero-order chi connectivity index (χ0) is 19.5. The van der Waals surface area contributed by atoms with Crippen LogP contribution in [0.1, 0.15) is 33.6 Å². The first kappa shape index (κ1) is 20.1. The first-order valence-corrected chi connectivity index (χ1v) is 8.82. The van der Waals surface area contributed by atoms with Gasteiger partial charge in [0.2, 0.25) is 5.91 Å². The maximum Gasteiger partial charge on any atom is 0.253 e. The molecule has 2 aromatic rings. The number of hydrogen-bond donors (Lipinski definition) is 4. The molecule has 3 amide bonds. The van der Waals surface area contributed by atoms with E-state index in [9.17, 15) is 14.4 Å². The highest BCUT2D eigenvalue weighted by Gasteiger charge is 2.12. The second kappa shape index (κ2) is 10.7. The second-order valence-electron chi connectivity index (χ2n) is 5.86. The fourth-order valence-corrected chi connectivity index (χ4v) is 2.43. The van der Waals surface area contributed by atoms with Gasteiger partial charge in [-0.25, -0.2) is 0 Å². The number of benzene rings is 2. The normalized spacial score (nSPS) is 10.1. The molecule has 0 aliphatic rings. The minimum Gasteiger partial charge on any atom is -0.352 e. The van der Waals surface area contributed by atoms with Gasteiger partial charge in [0.25, 0.3) is 11.8 Å². The molecule has 0 saturated carbocycles. The van der Waals surface area contributed by atoms with Crippen LogP contribution in [0, 0.1) is 0 Å². The van der Waals surface area contributed by atoms with Gasteiger partial charge < -0.3 is 21.7 Å². The molecule has 2 aromatic carbocycles. The van der Waals surface area contributed by atoms with E-state index in [0.717, 1.165) is 0 Å². The summed E-state index contributed by atoms with van der Waals surface area (Å²) < 4.78 is 0. The lowest BCUT2D eigenvalue weighted by Gasteiger charge is -2.11. The van der Waals surface area contributed by atoms with Gasteiger partial charge in [-0.05, 0) is 30.7 Å². The van der Waals surface area contributed by atoms with Crippen molar-refractivity contribution in [1.29, 1.82) is 0 Å². The molecule has 0 aromatic heterocycles. The third kappa shape index (κ3) is 6.56. The fraction of sp³-hybridized carbons (Fsp3) is 0.250. The van der Waals surface area contributed by atoms with Gasteiger partial charge in [0.05, 0.1) is 11.3 Å². The molecule has 0 spiro atoms. The summed E-state index contributed by atoms with van der Waals surface area (Å²) in [6.45, 7) is 1.09. The van der Waals surface area contributed by atoms with Gasteiger partial charge in [-0.15, -0.1) is 0 Å². The Morgan fingerprint density at radius 1 is 0.815 bits per heavy atom. The number of nitrogens with two attached hydrogens (primary N) is 1. The van der Waals surface area contributed by atoms with Crippen molar-refractivity contribution < 1.29 is 14.4 Å². The van der Waals surface area contributed by atoms with Crippen LogP contribution in [0.2, 0.25) is 0 Å². The molecule has 0 unspecified atom stereocenters. The maximum atomic E-state index is 12.1. The quantitative estimate of drug-likeness (QED) is 0.503. The zero-order valence-electron chi connectivity index (χ0n) is 15.0. The Hall–Kier alpha value is -3.19. The molecule has 2 rings (SSSR count). The molecule has 0 bridgehead atoms. The molecular formula is C20H24N4O3. The zero-order valence-corrected chi connectivity index (χ0v) is 15.0. The van der Waals surface area contributed by atoms with Crippen molar-refractivity contribution in [2.45, 2.75) is 12.8 Å². The first-order chi connectivity index (χ1) is 13.1. The van der Waals surface area contributed by atoms with Crippen LogP contribution in [0.25, 0.3) is 0 Å². The number of para-hydroxylation sites is 1. The van der Waals surface area contributed by atoms with E-state index in [-0.39, 0.29) is 24.1 Å². The van der Waals surface area contributed by atoms with Crippen molar-refractivity contribution in [1.82, 2.24) is 10.6 Å². The van der Waals surface area contributed by atoms with Crippen LogP contribution in [0.15, 0.2) is 54.6 Å². The van der Waals surface area contributed by atoms with Gasteiger partial charge in [-0.1, -0.05) is 30.3 Å². The number of carbonyl (C=O) groups excluding carboxylic acids is 3. The van der Waals surface area contributed by atoms with Crippen molar-refractivity contribution in [2.24, 2.45) is 5.73 Å². The lowest BCUT2D eigenvalue weighted by molar-refractivity contribution is -0.116. The minimum absolute atomic E-state index is 0.169. The topological polar surface area (TPSA) is 113 Å². The third-order valence-corrected chi connectivity index (χ3v) is 3.78. The Kier molecular flexibility index (Phi) is 7.99. The van der Waals surface area contributed by atoms with Gasteiger partial charge >= 0.3 is 0 Å². The summed E-state index contributed by atoms with van der Waals surface area (Å²) in [4.78, 5) is 36.2. The van der Waals surface area contributed by atoms with E-state index in [0.29, 0.717) is 42.9 Å². The molecule has 7 nitrogen and oxygen atoms in total. The number of carbonyl (C=O) groups is 3. The Labute approximate surface area is 158 Å². The minimum atomic E-state index is -0.286. The number of hydrogen-bond acceptors (Lipinski definition) is 4. The fourth-order valence-electron chi connectivity index (χ4n) is 2.43. The average molecular weight is 368 g/mol. The first-order valence-electron chi connectivity index (χ1n) is 8.82. The van der Waals surface area contributed by atoms with Gasteiger partial charge in [-0.3, -0.25) is 14.4 Å². The van der Waals surface area contributed by atoms with E-state index in [4.69, 9.17) is 5.73 Å². The van der Waals surface area contributed by atoms with Gasteiger partial charge in [-0.2, -0.15) is 0 Å². The number of anilines is 1. The monoisotopic (exact) mass is 368 g/mol. The summed E-state index contributed by atoms with van der Waals surface area (Å²) in [5, 5.41) is 8.20. The number of nitrogens with one attached hydrogen (secondary N) is 3. The van der Waals surface area contributed by atoms with Crippen molar-refractivity contribution in [3.8, 4) is 0 Å². The smallest absolute Gasteiger partial charge is 0.253 e. The van der Waals surface area contributed by atoms with Gasteiger partial charge in [0.15, 0.2) is 0 Å². The van der Waals surface area contributed by atoms with Crippen LogP contribution >= 0.6 is 0 Å². The average Bonchev–Trinajstić information content (AvgIpc) is 2.70. The molecule has 5 N–H and O–H groups in total. The van der Waals surface area contributed by atoms with E-state index >= 15 is 0 Å². The summed E-state index contributed by atoms with van der Waals surface area (Å²) >= 11 is 0. The number of amides is 3. The van der Waals surface area contributed by atoms with Crippen LogP contribution in [-0.4, -0.2) is 37.4 Å². The lowest BCUT2D eigenvalue weighted by Crippen LogP contribution is -2.30.